The van der Waals surface area contributed by atoms with Crippen molar-refractivity contribution in [3.8, 4) is 0 Å². The highest BCUT2D eigenvalue weighted by Crippen LogP contribution is 2.29. The normalized spacial score (nSPS) is 13.6. The van der Waals surface area contributed by atoms with Gasteiger partial charge < -0.3 is 10.6 Å². The molecule has 0 saturated heterocycles. The van der Waals surface area contributed by atoms with Gasteiger partial charge in [0.15, 0.2) is 0 Å². The van der Waals surface area contributed by atoms with Crippen molar-refractivity contribution in [2.45, 2.75) is 19.9 Å². The molecule has 0 bridgehead atoms. The topological polar surface area (TPSA) is 64.2 Å². The van der Waals surface area contributed by atoms with Crippen LogP contribution in [0.2, 0.25) is 0 Å². The van der Waals surface area contributed by atoms with Gasteiger partial charge in [-0.15, -0.1) is 0 Å². The Morgan fingerprint density at radius 2 is 2.21 bits per heavy atom. The smallest absolute Gasteiger partial charge is 0.276 e. The SMILES string of the molecule is CCn1nc(N)cc1C(=O)N1CCc2ccccc21. The lowest BCUT2D eigenvalue weighted by Crippen LogP contribution is -2.30. The summed E-state index contributed by atoms with van der Waals surface area (Å²) in [7, 11) is 0. The first-order chi connectivity index (χ1) is 9.20. The summed E-state index contributed by atoms with van der Waals surface area (Å²) in [6, 6.07) is 9.65. The summed E-state index contributed by atoms with van der Waals surface area (Å²) in [5.41, 5.74) is 8.45. The first-order valence-corrected chi connectivity index (χ1v) is 6.44. The van der Waals surface area contributed by atoms with E-state index in [1.54, 1.807) is 15.6 Å². The molecule has 98 valence electrons. The molecule has 5 heteroatoms. The number of aryl methyl sites for hydroxylation is 1. The largest absolute Gasteiger partial charge is 0.382 e. The van der Waals surface area contributed by atoms with Crippen LogP contribution in [0.15, 0.2) is 30.3 Å². The molecule has 19 heavy (non-hydrogen) atoms. The molecule has 1 aromatic carbocycles. The molecule has 0 saturated carbocycles. The van der Waals surface area contributed by atoms with E-state index in [0.717, 1.165) is 12.1 Å². The molecule has 1 aliphatic heterocycles. The number of para-hydroxylation sites is 1. The molecule has 0 aliphatic carbocycles. The number of aromatic nitrogens is 2. The third kappa shape index (κ3) is 1.87. The Hall–Kier alpha value is -2.30. The predicted molar refractivity (Wildman–Crippen MR) is 74.1 cm³/mol. The van der Waals surface area contributed by atoms with Crippen LogP contribution < -0.4 is 10.6 Å². The van der Waals surface area contributed by atoms with Crippen molar-refractivity contribution in [2.24, 2.45) is 0 Å². The second-order valence-corrected chi connectivity index (χ2v) is 4.61. The standard InChI is InChI=1S/C14H16N4O/c1-2-18-12(9-13(15)16-18)14(19)17-8-7-10-5-3-4-6-11(10)17/h3-6,9H,2,7-8H2,1H3,(H2,15,16). The fourth-order valence-electron chi connectivity index (χ4n) is 2.54. The van der Waals surface area contributed by atoms with E-state index < -0.39 is 0 Å². The Morgan fingerprint density at radius 3 is 3.00 bits per heavy atom. The second-order valence-electron chi connectivity index (χ2n) is 4.61. The minimum atomic E-state index is -0.0315. The molecule has 0 spiro atoms. The van der Waals surface area contributed by atoms with Gasteiger partial charge in [-0.1, -0.05) is 18.2 Å². The third-order valence-corrected chi connectivity index (χ3v) is 3.45. The lowest BCUT2D eigenvalue weighted by molar-refractivity contribution is 0.0979. The van der Waals surface area contributed by atoms with Gasteiger partial charge in [0.2, 0.25) is 0 Å². The highest BCUT2D eigenvalue weighted by molar-refractivity contribution is 6.06. The van der Waals surface area contributed by atoms with E-state index in [-0.39, 0.29) is 5.91 Å². The number of nitrogens with zero attached hydrogens (tertiary/aromatic N) is 3. The van der Waals surface area contributed by atoms with Crippen molar-refractivity contribution in [3.63, 3.8) is 0 Å². The number of hydrogen-bond donors (Lipinski definition) is 1. The monoisotopic (exact) mass is 256 g/mol. The van der Waals surface area contributed by atoms with Gasteiger partial charge in [-0.3, -0.25) is 9.48 Å². The molecule has 0 fully saturated rings. The van der Waals surface area contributed by atoms with Crippen molar-refractivity contribution in [1.82, 2.24) is 9.78 Å². The van der Waals surface area contributed by atoms with Crippen LogP contribution in [0, 0.1) is 0 Å². The number of carbonyl (C=O) groups is 1. The predicted octanol–water partition coefficient (Wildman–Crippen LogP) is 1.69. The molecular formula is C14H16N4O. The summed E-state index contributed by atoms with van der Waals surface area (Å²) in [6.45, 7) is 3.29. The molecule has 2 heterocycles. The lowest BCUT2D eigenvalue weighted by Gasteiger charge is -2.17. The molecule has 0 unspecified atom stereocenters. The van der Waals surface area contributed by atoms with E-state index >= 15 is 0 Å². The molecule has 0 atom stereocenters. The summed E-state index contributed by atoms with van der Waals surface area (Å²) in [5, 5.41) is 4.12. The van der Waals surface area contributed by atoms with Crippen molar-refractivity contribution >= 4 is 17.4 Å². The van der Waals surface area contributed by atoms with Crippen LogP contribution in [-0.4, -0.2) is 22.2 Å². The van der Waals surface area contributed by atoms with Crippen LogP contribution in [0.1, 0.15) is 23.0 Å². The average Bonchev–Trinajstić information content (AvgIpc) is 3.01. The van der Waals surface area contributed by atoms with Crippen LogP contribution in [0.3, 0.4) is 0 Å². The van der Waals surface area contributed by atoms with Gasteiger partial charge in [-0.05, 0) is 25.0 Å². The Bertz CT molecular complexity index is 632. The zero-order valence-electron chi connectivity index (χ0n) is 10.8. The van der Waals surface area contributed by atoms with Crippen LogP contribution in [0.5, 0.6) is 0 Å². The highest BCUT2D eigenvalue weighted by Gasteiger charge is 2.27. The molecule has 1 aliphatic rings. The van der Waals surface area contributed by atoms with Gasteiger partial charge in [0.25, 0.3) is 5.91 Å². The molecule has 0 radical (unpaired) electrons. The number of carbonyl (C=O) groups excluding carboxylic acids is 1. The van der Waals surface area contributed by atoms with Crippen molar-refractivity contribution < 1.29 is 4.79 Å². The molecule has 2 aromatic rings. The number of rotatable bonds is 2. The zero-order valence-corrected chi connectivity index (χ0v) is 10.8. The maximum Gasteiger partial charge on any atom is 0.276 e. The number of amides is 1. The van der Waals surface area contributed by atoms with Gasteiger partial charge in [-0.2, -0.15) is 5.10 Å². The summed E-state index contributed by atoms with van der Waals surface area (Å²) in [4.78, 5) is 14.4. The van der Waals surface area contributed by atoms with Crippen molar-refractivity contribution in [2.75, 3.05) is 17.2 Å². The summed E-state index contributed by atoms with van der Waals surface area (Å²) >= 11 is 0. The van der Waals surface area contributed by atoms with Crippen LogP contribution in [0.4, 0.5) is 11.5 Å². The van der Waals surface area contributed by atoms with E-state index in [4.69, 9.17) is 5.73 Å². The van der Waals surface area contributed by atoms with Crippen LogP contribution in [-0.2, 0) is 13.0 Å². The van der Waals surface area contributed by atoms with Gasteiger partial charge >= 0.3 is 0 Å². The fraction of sp³-hybridized carbons (Fsp3) is 0.286. The maximum atomic E-state index is 12.6. The number of fused-ring (bicyclic) bond motifs is 1. The molecule has 2 N–H and O–H groups in total. The minimum Gasteiger partial charge on any atom is -0.382 e. The van der Waals surface area contributed by atoms with E-state index in [1.807, 2.05) is 25.1 Å². The molecule has 3 rings (SSSR count). The quantitative estimate of drug-likeness (QED) is 0.889. The van der Waals surface area contributed by atoms with E-state index in [0.29, 0.717) is 24.6 Å². The second kappa shape index (κ2) is 4.42. The summed E-state index contributed by atoms with van der Waals surface area (Å²) in [6.07, 6.45) is 0.900. The maximum absolute atomic E-state index is 12.6. The van der Waals surface area contributed by atoms with Crippen molar-refractivity contribution in [3.05, 3.63) is 41.6 Å². The average molecular weight is 256 g/mol. The van der Waals surface area contributed by atoms with Gasteiger partial charge in [0.05, 0.1) is 0 Å². The minimum absolute atomic E-state index is 0.0315. The molecule has 5 nitrogen and oxygen atoms in total. The lowest BCUT2D eigenvalue weighted by atomic mass is 10.2. The van der Waals surface area contributed by atoms with E-state index in [2.05, 4.69) is 11.2 Å². The molecule has 1 amide bonds. The van der Waals surface area contributed by atoms with E-state index in [1.165, 1.54) is 5.56 Å². The number of hydrogen-bond acceptors (Lipinski definition) is 3. The first-order valence-electron chi connectivity index (χ1n) is 6.44. The molecular weight excluding hydrogens is 240 g/mol. The van der Waals surface area contributed by atoms with Crippen LogP contribution >= 0.6 is 0 Å². The highest BCUT2D eigenvalue weighted by atomic mass is 16.2. The third-order valence-electron chi connectivity index (χ3n) is 3.45. The Morgan fingerprint density at radius 1 is 1.42 bits per heavy atom. The Balaban J connectivity index is 1.97. The van der Waals surface area contributed by atoms with Gasteiger partial charge in [0.1, 0.15) is 11.5 Å². The number of nitrogens with two attached hydrogens (primary N) is 1. The molecule has 1 aromatic heterocycles. The van der Waals surface area contributed by atoms with E-state index in [9.17, 15) is 4.79 Å². The van der Waals surface area contributed by atoms with Gasteiger partial charge in [-0.25, -0.2) is 0 Å². The van der Waals surface area contributed by atoms with Crippen LogP contribution in [0.25, 0.3) is 0 Å². The summed E-state index contributed by atoms with van der Waals surface area (Å²) in [5.74, 6) is 0.355. The number of benzene rings is 1. The fourth-order valence-corrected chi connectivity index (χ4v) is 2.54. The number of nitrogen functional groups attached to an aromatic ring is 1. The van der Waals surface area contributed by atoms with Crippen molar-refractivity contribution in [1.29, 1.82) is 0 Å². The Kier molecular flexibility index (Phi) is 2.74. The Labute approximate surface area is 111 Å². The van der Waals surface area contributed by atoms with Gasteiger partial charge in [0, 0.05) is 24.8 Å². The first kappa shape index (κ1) is 11.8. The number of anilines is 2. The summed E-state index contributed by atoms with van der Waals surface area (Å²) < 4.78 is 1.65. The zero-order chi connectivity index (χ0) is 13.4.